The van der Waals surface area contributed by atoms with Crippen LogP contribution < -0.4 is 0 Å². The number of fused-ring (bicyclic) bond motifs is 1. The molecule has 5 heteroatoms. The summed E-state index contributed by atoms with van der Waals surface area (Å²) < 4.78 is 2.23. The average Bonchev–Trinajstić information content (AvgIpc) is 3.72. The van der Waals surface area contributed by atoms with Gasteiger partial charge in [0.15, 0.2) is 0 Å². The van der Waals surface area contributed by atoms with Crippen molar-refractivity contribution in [3.05, 3.63) is 217 Å². The first-order chi connectivity index (χ1) is 31.1. The van der Waals surface area contributed by atoms with Crippen LogP contribution in [0.1, 0.15) is 37.5 Å². The van der Waals surface area contributed by atoms with E-state index in [2.05, 4.69) is 208 Å². The van der Waals surface area contributed by atoms with Crippen molar-refractivity contribution in [1.29, 1.82) is 0 Å². The average molecular weight is 1020 g/mol. The predicted octanol–water partition coefficient (Wildman–Crippen LogP) is 15.5. The molecule has 320 valence electrons. The number of aryl methyl sites for hydroxylation is 2. The smallest absolute Gasteiger partial charge is 0.148 e. The van der Waals surface area contributed by atoms with Gasteiger partial charge in [0.25, 0.3) is 0 Å². The van der Waals surface area contributed by atoms with E-state index in [9.17, 15) is 5.11 Å². The Bertz CT molecular complexity index is 3310. The summed E-state index contributed by atoms with van der Waals surface area (Å²) in [6.07, 6.45) is 1.89. The van der Waals surface area contributed by atoms with Crippen LogP contribution in [-0.4, -0.2) is 19.6 Å². The Hall–Kier alpha value is -7.13. The molecule has 8 aromatic carbocycles. The molecule has 4 nitrogen and oxygen atoms in total. The van der Waals surface area contributed by atoms with Crippen LogP contribution in [0, 0.1) is 19.9 Å². The third-order valence-electron chi connectivity index (χ3n) is 12.2. The molecule has 2 heterocycles. The van der Waals surface area contributed by atoms with E-state index in [0.29, 0.717) is 11.4 Å². The molecular weight excluding hydrogens is 974 g/mol. The standard InChI is InChI=1S/C60H48N3O.Pt/c1-39-24-29-55(52(32-39)45-20-13-8-14-21-45)63-56-23-15-22-51(57(56)62-59(63)53-38-50(60(3,4)5)33-40(2)58(53)64)48-34-47(42-18-11-7-12-19-42)35-49(36-48)54-37-46(30-31-61-54)44-27-25-43(26-28-44)41-16-9-6-10-17-41;/h6-35,37-38,64H,1-5H3;/q-1;. The van der Waals surface area contributed by atoms with Gasteiger partial charge in [0, 0.05) is 38.5 Å². The molecule has 0 saturated carbocycles. The van der Waals surface area contributed by atoms with E-state index < -0.39 is 0 Å². The van der Waals surface area contributed by atoms with Crippen LogP contribution in [0.2, 0.25) is 0 Å². The fourth-order valence-electron chi connectivity index (χ4n) is 8.71. The van der Waals surface area contributed by atoms with Crippen molar-refractivity contribution in [3.8, 4) is 89.7 Å². The van der Waals surface area contributed by atoms with Gasteiger partial charge < -0.3 is 5.11 Å². The zero-order chi connectivity index (χ0) is 44.0. The number of rotatable bonds is 8. The Kier molecular flexibility index (Phi) is 11.8. The molecule has 0 aliphatic rings. The minimum absolute atomic E-state index is 0. The topological polar surface area (TPSA) is 50.9 Å². The number of hydrogen-bond donors (Lipinski definition) is 1. The monoisotopic (exact) mass is 1020 g/mol. The van der Waals surface area contributed by atoms with Gasteiger partial charge in [0.2, 0.25) is 0 Å². The summed E-state index contributed by atoms with van der Waals surface area (Å²) in [4.78, 5) is 10.5. The summed E-state index contributed by atoms with van der Waals surface area (Å²) in [5.41, 5.74) is 18.8. The van der Waals surface area contributed by atoms with Crippen molar-refractivity contribution in [1.82, 2.24) is 14.5 Å². The van der Waals surface area contributed by atoms with E-state index in [1.165, 1.54) is 11.1 Å². The van der Waals surface area contributed by atoms with Gasteiger partial charge in [-0.15, -0.1) is 23.8 Å². The molecule has 0 amide bonds. The van der Waals surface area contributed by atoms with Crippen LogP contribution in [0.25, 0.3) is 95.0 Å². The molecule has 0 bridgehead atoms. The minimum atomic E-state index is -0.158. The second kappa shape index (κ2) is 17.8. The number of aromatic hydroxyl groups is 1. The zero-order valence-electron chi connectivity index (χ0n) is 37.1. The second-order valence-electron chi connectivity index (χ2n) is 17.7. The quantitative estimate of drug-likeness (QED) is 0.154. The van der Waals surface area contributed by atoms with Crippen LogP contribution >= 0.6 is 0 Å². The molecule has 0 radical (unpaired) electrons. The van der Waals surface area contributed by atoms with Gasteiger partial charge in [-0.05, 0) is 94.1 Å². The molecule has 10 aromatic rings. The molecule has 0 aliphatic heterocycles. The molecule has 0 fully saturated rings. The van der Waals surface area contributed by atoms with Crippen LogP contribution in [0.15, 0.2) is 194 Å². The van der Waals surface area contributed by atoms with Gasteiger partial charge in [-0.3, -0.25) is 9.55 Å². The Labute approximate surface area is 396 Å². The van der Waals surface area contributed by atoms with Gasteiger partial charge >= 0.3 is 0 Å². The molecule has 0 atom stereocenters. The van der Waals surface area contributed by atoms with Crippen molar-refractivity contribution in [2.45, 2.75) is 40.0 Å². The van der Waals surface area contributed by atoms with Gasteiger partial charge in [0.05, 0.1) is 22.3 Å². The second-order valence-corrected chi connectivity index (χ2v) is 17.7. The number of para-hydroxylation sites is 1. The number of benzene rings is 8. The van der Waals surface area contributed by atoms with Crippen molar-refractivity contribution in [3.63, 3.8) is 0 Å². The molecule has 10 rings (SSSR count). The van der Waals surface area contributed by atoms with Gasteiger partial charge in [-0.1, -0.05) is 189 Å². The normalized spacial score (nSPS) is 11.4. The fraction of sp³-hybridized carbons (Fsp3) is 0.100. The molecular formula is C60H48N3OPt-. The van der Waals surface area contributed by atoms with E-state index in [1.54, 1.807) is 0 Å². The minimum Gasteiger partial charge on any atom is -0.507 e. The number of hydrogen-bond acceptors (Lipinski definition) is 3. The summed E-state index contributed by atoms with van der Waals surface area (Å²) >= 11 is 0. The van der Waals surface area contributed by atoms with E-state index in [4.69, 9.17) is 9.97 Å². The van der Waals surface area contributed by atoms with E-state index in [0.717, 1.165) is 89.2 Å². The Balaban J connectivity index is 0.00000533. The molecule has 0 saturated heterocycles. The van der Waals surface area contributed by atoms with Crippen LogP contribution in [0.4, 0.5) is 0 Å². The maximum atomic E-state index is 12.0. The number of imidazole rings is 1. The van der Waals surface area contributed by atoms with Gasteiger partial charge in [-0.25, -0.2) is 4.98 Å². The summed E-state index contributed by atoms with van der Waals surface area (Å²) in [6, 6.07) is 69.8. The van der Waals surface area contributed by atoms with Crippen LogP contribution in [0.3, 0.4) is 0 Å². The molecule has 0 spiro atoms. The zero-order valence-corrected chi connectivity index (χ0v) is 39.4. The van der Waals surface area contributed by atoms with E-state index >= 15 is 0 Å². The van der Waals surface area contributed by atoms with Crippen molar-refractivity contribution in [2.75, 3.05) is 0 Å². The largest absolute Gasteiger partial charge is 0.507 e. The SMILES string of the molecule is Cc1ccc(-n2c(-c3cc(C(C)(C)C)cc(C)c3O)nc3c(-c4[c-]c(-c5cc(-c6ccc(-c7ccccc7)cc6)ccn5)cc(-c5ccccc5)c4)cccc32)c(-c2ccccc2)c1.[Pt]. The summed E-state index contributed by atoms with van der Waals surface area (Å²) in [6.45, 7) is 10.7. The first-order valence-corrected chi connectivity index (χ1v) is 21.9. The van der Waals surface area contributed by atoms with Crippen molar-refractivity contribution in [2.24, 2.45) is 0 Å². The number of phenolic OH excluding ortho intramolecular Hbond substituents is 1. The van der Waals surface area contributed by atoms with Crippen molar-refractivity contribution >= 4 is 11.0 Å². The molecule has 2 aromatic heterocycles. The van der Waals surface area contributed by atoms with Crippen molar-refractivity contribution < 1.29 is 26.2 Å². The van der Waals surface area contributed by atoms with Crippen LogP contribution in [0.5, 0.6) is 5.75 Å². The number of phenols is 1. The Morgan fingerprint density at radius 3 is 1.77 bits per heavy atom. The summed E-state index contributed by atoms with van der Waals surface area (Å²) in [7, 11) is 0. The predicted molar refractivity (Wildman–Crippen MR) is 266 cm³/mol. The Morgan fingerprint density at radius 1 is 0.508 bits per heavy atom. The van der Waals surface area contributed by atoms with E-state index in [1.807, 2.05) is 31.3 Å². The molecule has 0 unspecified atom stereocenters. The number of aromatic nitrogens is 3. The number of nitrogens with zero attached hydrogens (tertiary/aromatic N) is 3. The first kappa shape index (κ1) is 43.1. The third-order valence-corrected chi connectivity index (χ3v) is 12.2. The van der Waals surface area contributed by atoms with Gasteiger partial charge in [-0.2, -0.15) is 0 Å². The number of pyridine rings is 1. The van der Waals surface area contributed by atoms with Gasteiger partial charge in [0.1, 0.15) is 11.6 Å². The summed E-state index contributed by atoms with van der Waals surface area (Å²) in [5, 5.41) is 12.0. The first-order valence-electron chi connectivity index (χ1n) is 21.9. The van der Waals surface area contributed by atoms with E-state index in [-0.39, 0.29) is 32.2 Å². The van der Waals surface area contributed by atoms with Crippen LogP contribution in [-0.2, 0) is 26.5 Å². The molecule has 0 aliphatic carbocycles. The third kappa shape index (κ3) is 8.51. The maximum absolute atomic E-state index is 12.0. The fourth-order valence-corrected chi connectivity index (χ4v) is 8.71. The summed E-state index contributed by atoms with van der Waals surface area (Å²) in [5.74, 6) is 0.891. The Morgan fingerprint density at radius 2 is 1.11 bits per heavy atom. The molecule has 65 heavy (non-hydrogen) atoms. The molecule has 1 N–H and O–H groups in total. The maximum Gasteiger partial charge on any atom is 0.148 e.